The van der Waals surface area contributed by atoms with Crippen LogP contribution in [0.3, 0.4) is 0 Å². The highest BCUT2D eigenvalue weighted by atomic mass is 19.1. The number of carboxylic acid groups (broad SMARTS) is 1. The lowest BCUT2D eigenvalue weighted by Crippen LogP contribution is -2.25. The molecule has 1 saturated heterocycles. The fourth-order valence-electron chi connectivity index (χ4n) is 1.36. The predicted octanol–water partition coefficient (Wildman–Crippen LogP) is 0.362. The van der Waals surface area contributed by atoms with E-state index in [1.54, 1.807) is 0 Å². The van der Waals surface area contributed by atoms with Gasteiger partial charge in [-0.15, -0.1) is 0 Å². The molecular weight excluding hydrogens is 149 g/mol. The highest BCUT2D eigenvalue weighted by Gasteiger charge is 2.27. The molecule has 0 aromatic carbocycles. The minimum absolute atomic E-state index is 0.276. The normalized spacial score (nSPS) is 25.7. The third-order valence-corrected chi connectivity index (χ3v) is 2.02. The second-order valence-electron chi connectivity index (χ2n) is 2.81. The molecule has 64 valence electrons. The van der Waals surface area contributed by atoms with Gasteiger partial charge in [0.05, 0.1) is 5.92 Å². The fourth-order valence-corrected chi connectivity index (χ4v) is 1.36. The zero-order valence-electron chi connectivity index (χ0n) is 6.29. The molecule has 0 aromatic heterocycles. The maximum Gasteiger partial charge on any atom is 0.307 e. The summed E-state index contributed by atoms with van der Waals surface area (Å²) in [5.41, 5.74) is 0. The first-order chi connectivity index (χ1) is 5.24. The van der Waals surface area contributed by atoms with Crippen LogP contribution < -0.4 is 0 Å². The third-order valence-electron chi connectivity index (χ3n) is 2.02. The molecule has 1 aliphatic rings. The van der Waals surface area contributed by atoms with Crippen molar-refractivity contribution in [2.45, 2.75) is 6.42 Å². The van der Waals surface area contributed by atoms with Crippen LogP contribution in [0, 0.1) is 5.92 Å². The third kappa shape index (κ3) is 2.15. The number of hydrogen-bond acceptors (Lipinski definition) is 2. The van der Waals surface area contributed by atoms with E-state index in [2.05, 4.69) is 0 Å². The van der Waals surface area contributed by atoms with Crippen molar-refractivity contribution in [1.29, 1.82) is 0 Å². The van der Waals surface area contributed by atoms with E-state index in [1.165, 1.54) is 0 Å². The summed E-state index contributed by atoms with van der Waals surface area (Å²) in [6.45, 7) is 1.23. The van der Waals surface area contributed by atoms with Gasteiger partial charge in [0.25, 0.3) is 0 Å². The van der Waals surface area contributed by atoms with Gasteiger partial charge in [0, 0.05) is 13.1 Å². The fraction of sp³-hybridized carbons (Fsp3) is 0.857. The molecule has 11 heavy (non-hydrogen) atoms. The van der Waals surface area contributed by atoms with Gasteiger partial charge in [-0.3, -0.25) is 9.69 Å². The number of alkyl halides is 1. The number of nitrogens with zero attached hydrogens (tertiary/aromatic N) is 1. The van der Waals surface area contributed by atoms with Gasteiger partial charge >= 0.3 is 5.97 Å². The first kappa shape index (κ1) is 8.46. The van der Waals surface area contributed by atoms with Crippen molar-refractivity contribution in [3.05, 3.63) is 0 Å². The summed E-state index contributed by atoms with van der Waals surface area (Å²) < 4.78 is 11.8. The van der Waals surface area contributed by atoms with Crippen LogP contribution in [0.25, 0.3) is 0 Å². The summed E-state index contributed by atoms with van der Waals surface area (Å²) in [7, 11) is 0. The van der Waals surface area contributed by atoms with Gasteiger partial charge in [-0.1, -0.05) is 0 Å². The van der Waals surface area contributed by atoms with Gasteiger partial charge in [-0.2, -0.15) is 0 Å². The lowest BCUT2D eigenvalue weighted by Gasteiger charge is -2.11. The molecule has 1 fully saturated rings. The summed E-state index contributed by atoms with van der Waals surface area (Å²) in [4.78, 5) is 12.3. The van der Waals surface area contributed by atoms with E-state index in [4.69, 9.17) is 5.11 Å². The van der Waals surface area contributed by atoms with Crippen molar-refractivity contribution in [1.82, 2.24) is 4.90 Å². The highest BCUT2D eigenvalue weighted by molar-refractivity contribution is 5.70. The highest BCUT2D eigenvalue weighted by Crippen LogP contribution is 2.15. The van der Waals surface area contributed by atoms with E-state index in [0.717, 1.165) is 6.54 Å². The van der Waals surface area contributed by atoms with Gasteiger partial charge in [0.2, 0.25) is 0 Å². The van der Waals surface area contributed by atoms with Crippen LogP contribution >= 0.6 is 0 Å². The lowest BCUT2D eigenvalue weighted by atomic mass is 10.1. The minimum Gasteiger partial charge on any atom is -0.481 e. The van der Waals surface area contributed by atoms with Gasteiger partial charge in [-0.05, 0) is 13.0 Å². The molecular formula is C7H12FNO2. The van der Waals surface area contributed by atoms with Crippen LogP contribution in [0.1, 0.15) is 6.42 Å². The zero-order chi connectivity index (χ0) is 8.27. The summed E-state index contributed by atoms with van der Waals surface area (Å²) in [5, 5.41) is 8.58. The van der Waals surface area contributed by atoms with Crippen LogP contribution in [0.5, 0.6) is 0 Å². The number of carboxylic acids is 1. The molecule has 1 rings (SSSR count). The van der Waals surface area contributed by atoms with Crippen molar-refractivity contribution >= 4 is 5.97 Å². The number of aliphatic carboxylic acids is 1. The molecule has 0 aromatic rings. The van der Waals surface area contributed by atoms with Crippen molar-refractivity contribution in [2.75, 3.05) is 26.3 Å². The van der Waals surface area contributed by atoms with Crippen molar-refractivity contribution in [3.63, 3.8) is 0 Å². The van der Waals surface area contributed by atoms with E-state index in [0.29, 0.717) is 19.5 Å². The van der Waals surface area contributed by atoms with Crippen LogP contribution in [-0.4, -0.2) is 42.3 Å². The minimum atomic E-state index is -0.758. The topological polar surface area (TPSA) is 40.5 Å². The smallest absolute Gasteiger partial charge is 0.307 e. The number of carbonyl (C=O) groups is 1. The summed E-state index contributed by atoms with van der Waals surface area (Å²) in [6.07, 6.45) is 0.662. The average Bonchev–Trinajstić information content (AvgIpc) is 2.37. The van der Waals surface area contributed by atoms with Gasteiger partial charge in [0.1, 0.15) is 6.67 Å². The zero-order valence-corrected chi connectivity index (χ0v) is 6.29. The predicted molar refractivity (Wildman–Crippen MR) is 38.2 cm³/mol. The second kappa shape index (κ2) is 3.67. The monoisotopic (exact) mass is 161 g/mol. The number of hydrogen-bond donors (Lipinski definition) is 1. The SMILES string of the molecule is O=C(O)C1CCN(CCF)C1. The van der Waals surface area contributed by atoms with Gasteiger partial charge in [0.15, 0.2) is 0 Å². The Morgan fingerprint density at radius 3 is 2.91 bits per heavy atom. The Labute approximate surface area is 64.8 Å². The van der Waals surface area contributed by atoms with Crippen LogP contribution in [0.2, 0.25) is 0 Å². The van der Waals surface area contributed by atoms with E-state index in [-0.39, 0.29) is 12.6 Å². The Bertz CT molecular complexity index is 151. The van der Waals surface area contributed by atoms with Crippen LogP contribution in [0.4, 0.5) is 4.39 Å². The molecule has 0 saturated carbocycles. The quantitative estimate of drug-likeness (QED) is 0.649. The Morgan fingerprint density at radius 2 is 2.45 bits per heavy atom. The largest absolute Gasteiger partial charge is 0.481 e. The summed E-state index contributed by atoms with van der Waals surface area (Å²) in [6, 6.07) is 0. The second-order valence-corrected chi connectivity index (χ2v) is 2.81. The first-order valence-corrected chi connectivity index (χ1v) is 3.75. The molecule has 1 N–H and O–H groups in total. The Kier molecular flexibility index (Phi) is 2.82. The molecule has 0 aliphatic carbocycles. The standard InChI is InChI=1S/C7H12FNO2/c8-2-4-9-3-1-6(5-9)7(10)11/h6H,1-5H2,(H,10,11). The van der Waals surface area contributed by atoms with Gasteiger partial charge < -0.3 is 5.11 Å². The van der Waals surface area contributed by atoms with E-state index in [9.17, 15) is 9.18 Å². The van der Waals surface area contributed by atoms with E-state index in [1.807, 2.05) is 4.90 Å². The molecule has 1 unspecified atom stereocenters. The average molecular weight is 161 g/mol. The Balaban J connectivity index is 2.29. The number of rotatable bonds is 3. The molecule has 1 heterocycles. The Morgan fingerprint density at radius 1 is 1.73 bits per heavy atom. The molecule has 0 amide bonds. The van der Waals surface area contributed by atoms with E-state index >= 15 is 0 Å². The summed E-state index contributed by atoms with van der Waals surface area (Å²) in [5.74, 6) is -1.03. The number of halogens is 1. The van der Waals surface area contributed by atoms with Crippen LogP contribution in [-0.2, 0) is 4.79 Å². The lowest BCUT2D eigenvalue weighted by molar-refractivity contribution is -0.141. The van der Waals surface area contributed by atoms with Crippen molar-refractivity contribution < 1.29 is 14.3 Å². The molecule has 0 radical (unpaired) electrons. The van der Waals surface area contributed by atoms with Crippen LogP contribution in [0.15, 0.2) is 0 Å². The summed E-state index contributed by atoms with van der Waals surface area (Å²) >= 11 is 0. The molecule has 3 nitrogen and oxygen atoms in total. The Hall–Kier alpha value is -0.640. The van der Waals surface area contributed by atoms with Gasteiger partial charge in [-0.25, -0.2) is 4.39 Å². The molecule has 4 heteroatoms. The number of likely N-dealkylation sites (tertiary alicyclic amines) is 1. The molecule has 1 aliphatic heterocycles. The molecule has 1 atom stereocenters. The first-order valence-electron chi connectivity index (χ1n) is 3.75. The maximum absolute atomic E-state index is 11.8. The maximum atomic E-state index is 11.8. The molecule has 0 spiro atoms. The van der Waals surface area contributed by atoms with Crippen molar-refractivity contribution in [3.8, 4) is 0 Å². The molecule has 0 bridgehead atoms. The van der Waals surface area contributed by atoms with E-state index < -0.39 is 5.97 Å². The van der Waals surface area contributed by atoms with Crippen molar-refractivity contribution in [2.24, 2.45) is 5.92 Å².